The van der Waals surface area contributed by atoms with Crippen molar-refractivity contribution in [2.24, 2.45) is 5.73 Å². The molecule has 0 spiro atoms. The maximum Gasteiger partial charge on any atom is 0.199 e. The average Bonchev–Trinajstić information content (AvgIpc) is 2.62. The van der Waals surface area contributed by atoms with Gasteiger partial charge in [0.2, 0.25) is 0 Å². The van der Waals surface area contributed by atoms with Crippen molar-refractivity contribution in [3.05, 3.63) is 35.6 Å². The van der Waals surface area contributed by atoms with Gasteiger partial charge in [-0.2, -0.15) is 0 Å². The number of rotatable bonds is 3. The number of carbonyl (C=O) groups excluding carboxylic acids is 1. The van der Waals surface area contributed by atoms with Gasteiger partial charge < -0.3 is 10.2 Å². The minimum Gasteiger partial charge on any atom is -0.453 e. The molecule has 0 saturated carbocycles. The molecule has 0 aliphatic heterocycles. The molecule has 0 aliphatic carbocycles. The first kappa shape index (κ1) is 10.8. The van der Waals surface area contributed by atoms with Gasteiger partial charge in [-0.25, -0.2) is 8.78 Å². The normalized spacial score (nSPS) is 10.9. The molecule has 0 atom stereocenters. The van der Waals surface area contributed by atoms with Crippen LogP contribution in [0.1, 0.15) is 17.0 Å². The summed E-state index contributed by atoms with van der Waals surface area (Å²) in [5.41, 5.74) is 5.24. The predicted octanol–water partition coefficient (Wildman–Crippen LogP) is 2.24. The Labute approximate surface area is 89.8 Å². The van der Waals surface area contributed by atoms with E-state index < -0.39 is 11.6 Å². The molecule has 0 amide bonds. The zero-order chi connectivity index (χ0) is 11.7. The molecule has 0 radical (unpaired) electrons. The van der Waals surface area contributed by atoms with E-state index in [0.717, 1.165) is 12.1 Å². The average molecular weight is 225 g/mol. The fourth-order valence-electron chi connectivity index (χ4n) is 1.46. The van der Waals surface area contributed by atoms with Gasteiger partial charge in [-0.3, -0.25) is 4.79 Å². The first-order valence-corrected chi connectivity index (χ1v) is 4.73. The van der Waals surface area contributed by atoms with E-state index in [1.165, 1.54) is 6.07 Å². The largest absolute Gasteiger partial charge is 0.453 e. The molecule has 2 N–H and O–H groups in total. The smallest absolute Gasteiger partial charge is 0.199 e. The Morgan fingerprint density at radius 2 is 2.06 bits per heavy atom. The summed E-state index contributed by atoms with van der Waals surface area (Å²) >= 11 is 0. The number of furan rings is 1. The molecule has 0 bridgehead atoms. The molecule has 84 valence electrons. The molecule has 2 rings (SSSR count). The van der Waals surface area contributed by atoms with Crippen molar-refractivity contribution >= 4 is 16.8 Å². The monoisotopic (exact) mass is 225 g/mol. The van der Waals surface area contributed by atoms with E-state index in [1.54, 1.807) is 0 Å². The van der Waals surface area contributed by atoms with Crippen molar-refractivity contribution in [1.29, 1.82) is 0 Å². The van der Waals surface area contributed by atoms with Crippen LogP contribution in [0.2, 0.25) is 0 Å². The Balaban J connectivity index is 2.51. The van der Waals surface area contributed by atoms with Gasteiger partial charge in [-0.05, 0) is 12.6 Å². The number of carbonyl (C=O) groups is 1. The molecule has 0 unspecified atom stereocenters. The molecular weight excluding hydrogens is 216 g/mol. The van der Waals surface area contributed by atoms with Gasteiger partial charge in [0, 0.05) is 18.6 Å². The standard InChI is InChI=1S/C11H9F2NO2/c12-6-3-8(13)7-5-11(9(15)1-2-14)16-10(7)4-6/h3-5H,1-2,14H2. The molecule has 1 heterocycles. The minimum absolute atomic E-state index is 0.00458. The van der Waals surface area contributed by atoms with E-state index in [4.69, 9.17) is 10.2 Å². The van der Waals surface area contributed by atoms with E-state index in [0.29, 0.717) is 0 Å². The van der Waals surface area contributed by atoms with Crippen LogP contribution in [-0.2, 0) is 0 Å². The van der Waals surface area contributed by atoms with Crippen molar-refractivity contribution < 1.29 is 18.0 Å². The lowest BCUT2D eigenvalue weighted by Gasteiger charge is -1.91. The summed E-state index contributed by atoms with van der Waals surface area (Å²) in [6.45, 7) is 0.187. The van der Waals surface area contributed by atoms with Crippen LogP contribution >= 0.6 is 0 Å². The lowest BCUT2D eigenvalue weighted by atomic mass is 10.2. The van der Waals surface area contributed by atoms with Gasteiger partial charge in [0.05, 0.1) is 5.39 Å². The highest BCUT2D eigenvalue weighted by molar-refractivity contribution is 5.97. The number of benzene rings is 1. The highest BCUT2D eigenvalue weighted by atomic mass is 19.1. The Morgan fingerprint density at radius 1 is 1.31 bits per heavy atom. The Bertz CT molecular complexity index is 548. The van der Waals surface area contributed by atoms with Crippen LogP contribution in [0.25, 0.3) is 11.0 Å². The minimum atomic E-state index is -0.745. The van der Waals surface area contributed by atoms with Gasteiger partial charge in [0.1, 0.15) is 17.2 Å². The number of nitrogens with two attached hydrogens (primary N) is 1. The fraction of sp³-hybridized carbons (Fsp3) is 0.182. The number of fused-ring (bicyclic) bond motifs is 1. The quantitative estimate of drug-likeness (QED) is 0.815. The van der Waals surface area contributed by atoms with Crippen LogP contribution in [0.5, 0.6) is 0 Å². The third-order valence-corrected chi connectivity index (χ3v) is 2.20. The SMILES string of the molecule is NCCC(=O)c1cc2c(F)cc(F)cc2o1. The molecule has 16 heavy (non-hydrogen) atoms. The van der Waals surface area contributed by atoms with E-state index in [-0.39, 0.29) is 35.5 Å². The van der Waals surface area contributed by atoms with Crippen molar-refractivity contribution in [3.63, 3.8) is 0 Å². The third-order valence-electron chi connectivity index (χ3n) is 2.20. The zero-order valence-corrected chi connectivity index (χ0v) is 8.30. The highest BCUT2D eigenvalue weighted by Crippen LogP contribution is 2.24. The first-order valence-electron chi connectivity index (χ1n) is 4.73. The molecule has 2 aromatic rings. The van der Waals surface area contributed by atoms with E-state index in [1.807, 2.05) is 0 Å². The second kappa shape index (κ2) is 4.02. The second-order valence-electron chi connectivity index (χ2n) is 3.37. The molecule has 5 heteroatoms. The summed E-state index contributed by atoms with van der Waals surface area (Å²) in [6.07, 6.45) is 0.115. The number of hydrogen-bond acceptors (Lipinski definition) is 3. The number of halogens is 2. The third kappa shape index (κ3) is 1.81. The topological polar surface area (TPSA) is 56.2 Å². The summed E-state index contributed by atoms with van der Waals surface area (Å²) < 4.78 is 31.2. The van der Waals surface area contributed by atoms with Crippen LogP contribution in [0.3, 0.4) is 0 Å². The first-order chi connectivity index (χ1) is 7.61. The van der Waals surface area contributed by atoms with Crippen LogP contribution < -0.4 is 5.73 Å². The molecule has 1 aromatic carbocycles. The second-order valence-corrected chi connectivity index (χ2v) is 3.37. The lowest BCUT2D eigenvalue weighted by molar-refractivity contribution is 0.0961. The lowest BCUT2D eigenvalue weighted by Crippen LogP contribution is -2.06. The Kier molecular flexibility index (Phi) is 2.70. The van der Waals surface area contributed by atoms with Crippen molar-refractivity contribution in [1.82, 2.24) is 0 Å². The maximum absolute atomic E-state index is 13.3. The number of hydrogen-bond donors (Lipinski definition) is 1. The molecular formula is C11H9F2NO2. The van der Waals surface area contributed by atoms with Gasteiger partial charge in [0.25, 0.3) is 0 Å². The van der Waals surface area contributed by atoms with E-state index in [9.17, 15) is 13.6 Å². The van der Waals surface area contributed by atoms with Crippen molar-refractivity contribution in [2.45, 2.75) is 6.42 Å². The van der Waals surface area contributed by atoms with E-state index >= 15 is 0 Å². The zero-order valence-electron chi connectivity index (χ0n) is 8.30. The molecule has 0 aliphatic rings. The summed E-state index contributed by atoms with van der Waals surface area (Å²) in [5, 5.41) is 0.0989. The molecule has 0 fully saturated rings. The van der Waals surface area contributed by atoms with Crippen LogP contribution in [0.4, 0.5) is 8.78 Å². The van der Waals surface area contributed by atoms with Gasteiger partial charge in [0.15, 0.2) is 11.5 Å². The van der Waals surface area contributed by atoms with Crippen molar-refractivity contribution in [3.8, 4) is 0 Å². The number of ketones is 1. The fourth-order valence-corrected chi connectivity index (χ4v) is 1.46. The van der Waals surface area contributed by atoms with Crippen LogP contribution in [-0.4, -0.2) is 12.3 Å². The Morgan fingerprint density at radius 3 is 2.75 bits per heavy atom. The van der Waals surface area contributed by atoms with E-state index in [2.05, 4.69) is 0 Å². The van der Waals surface area contributed by atoms with Crippen molar-refractivity contribution in [2.75, 3.05) is 6.54 Å². The predicted molar refractivity (Wildman–Crippen MR) is 54.1 cm³/mol. The molecule has 3 nitrogen and oxygen atoms in total. The number of Topliss-reactive ketones (excluding diaryl/α,β-unsaturated/α-hetero) is 1. The molecule has 1 aromatic heterocycles. The summed E-state index contributed by atoms with van der Waals surface area (Å²) in [6, 6.07) is 3.05. The highest BCUT2D eigenvalue weighted by Gasteiger charge is 2.14. The van der Waals surface area contributed by atoms with Gasteiger partial charge in [-0.15, -0.1) is 0 Å². The summed E-state index contributed by atoms with van der Waals surface area (Å²) in [7, 11) is 0. The summed E-state index contributed by atoms with van der Waals surface area (Å²) in [4.78, 5) is 11.4. The van der Waals surface area contributed by atoms with Crippen LogP contribution in [0.15, 0.2) is 22.6 Å². The van der Waals surface area contributed by atoms with Gasteiger partial charge >= 0.3 is 0 Å². The van der Waals surface area contributed by atoms with Gasteiger partial charge in [-0.1, -0.05) is 0 Å². The summed E-state index contributed by atoms with van der Waals surface area (Å²) in [5.74, 6) is -1.80. The maximum atomic E-state index is 13.3. The molecule has 0 saturated heterocycles. The van der Waals surface area contributed by atoms with Crippen LogP contribution in [0, 0.1) is 11.6 Å². The Hall–Kier alpha value is -1.75.